The van der Waals surface area contributed by atoms with E-state index in [1.165, 1.54) is 0 Å². The SMILES string of the molecule is Cc1nccn1C1CCCN(C(=O)CCc2ccco2)C1. The maximum absolute atomic E-state index is 12.4. The normalized spacial score (nSPS) is 18.9. The van der Waals surface area contributed by atoms with Crippen LogP contribution in [0.15, 0.2) is 35.2 Å². The van der Waals surface area contributed by atoms with Crippen molar-refractivity contribution in [2.24, 2.45) is 0 Å². The Labute approximate surface area is 124 Å². The molecule has 2 aromatic heterocycles. The first kappa shape index (κ1) is 13.9. The largest absolute Gasteiger partial charge is 0.469 e. The van der Waals surface area contributed by atoms with Gasteiger partial charge in [0.1, 0.15) is 11.6 Å². The Bertz CT molecular complexity index is 588. The van der Waals surface area contributed by atoms with Crippen molar-refractivity contribution in [1.29, 1.82) is 0 Å². The number of carbonyl (C=O) groups is 1. The number of nitrogens with zero attached hydrogens (tertiary/aromatic N) is 3. The predicted octanol–water partition coefficient (Wildman–Crippen LogP) is 2.58. The second-order valence-corrected chi connectivity index (χ2v) is 5.60. The smallest absolute Gasteiger partial charge is 0.223 e. The summed E-state index contributed by atoms with van der Waals surface area (Å²) in [5, 5.41) is 0. The summed E-state index contributed by atoms with van der Waals surface area (Å²) >= 11 is 0. The number of aryl methyl sites for hydroxylation is 2. The standard InChI is InChI=1S/C16H21N3O2/c1-13-17-8-10-19(13)14-4-2-9-18(12-14)16(20)7-6-15-5-3-11-21-15/h3,5,8,10-11,14H,2,4,6-7,9,12H2,1H3. The highest BCUT2D eigenvalue weighted by Gasteiger charge is 2.25. The van der Waals surface area contributed by atoms with Gasteiger partial charge in [0.15, 0.2) is 0 Å². The average Bonchev–Trinajstić information content (AvgIpc) is 3.16. The third-order valence-corrected chi connectivity index (χ3v) is 4.17. The molecule has 1 atom stereocenters. The minimum atomic E-state index is 0.217. The fourth-order valence-corrected chi connectivity index (χ4v) is 3.02. The van der Waals surface area contributed by atoms with Gasteiger partial charge in [-0.3, -0.25) is 4.79 Å². The van der Waals surface area contributed by atoms with Crippen LogP contribution >= 0.6 is 0 Å². The fraction of sp³-hybridized carbons (Fsp3) is 0.500. The molecule has 0 bridgehead atoms. The quantitative estimate of drug-likeness (QED) is 0.868. The van der Waals surface area contributed by atoms with Gasteiger partial charge >= 0.3 is 0 Å². The molecule has 1 unspecified atom stereocenters. The number of furan rings is 1. The molecule has 0 aliphatic carbocycles. The second kappa shape index (κ2) is 6.16. The first-order valence-corrected chi connectivity index (χ1v) is 7.53. The van der Waals surface area contributed by atoms with Crippen molar-refractivity contribution in [3.63, 3.8) is 0 Å². The Balaban J connectivity index is 1.58. The first-order valence-electron chi connectivity index (χ1n) is 7.53. The molecular weight excluding hydrogens is 266 g/mol. The number of hydrogen-bond acceptors (Lipinski definition) is 3. The Hall–Kier alpha value is -2.04. The summed E-state index contributed by atoms with van der Waals surface area (Å²) in [6.07, 6.45) is 8.84. The third-order valence-electron chi connectivity index (χ3n) is 4.17. The molecule has 2 aromatic rings. The van der Waals surface area contributed by atoms with E-state index in [1.54, 1.807) is 6.26 Å². The number of piperidine rings is 1. The zero-order valence-corrected chi connectivity index (χ0v) is 12.4. The first-order chi connectivity index (χ1) is 10.2. The summed E-state index contributed by atoms with van der Waals surface area (Å²) in [7, 11) is 0. The van der Waals surface area contributed by atoms with Crippen LogP contribution in [0.1, 0.15) is 36.9 Å². The summed E-state index contributed by atoms with van der Waals surface area (Å²) in [5.74, 6) is 2.11. The molecule has 1 aliphatic heterocycles. The van der Waals surface area contributed by atoms with Gasteiger partial charge < -0.3 is 13.9 Å². The monoisotopic (exact) mass is 287 g/mol. The van der Waals surface area contributed by atoms with Gasteiger partial charge in [-0.25, -0.2) is 4.98 Å². The molecule has 1 aliphatic rings. The molecule has 112 valence electrons. The van der Waals surface area contributed by atoms with Gasteiger partial charge in [-0.1, -0.05) is 0 Å². The number of aromatic nitrogens is 2. The lowest BCUT2D eigenvalue weighted by Gasteiger charge is -2.34. The van der Waals surface area contributed by atoms with Crippen molar-refractivity contribution < 1.29 is 9.21 Å². The van der Waals surface area contributed by atoms with Crippen molar-refractivity contribution in [3.05, 3.63) is 42.4 Å². The van der Waals surface area contributed by atoms with E-state index in [0.717, 1.165) is 37.5 Å². The van der Waals surface area contributed by atoms with E-state index in [2.05, 4.69) is 9.55 Å². The van der Waals surface area contributed by atoms with Crippen LogP contribution in [0.5, 0.6) is 0 Å². The highest BCUT2D eigenvalue weighted by Crippen LogP contribution is 2.23. The number of carbonyl (C=O) groups excluding carboxylic acids is 1. The summed E-state index contributed by atoms with van der Waals surface area (Å²) in [4.78, 5) is 18.6. The zero-order valence-electron chi connectivity index (χ0n) is 12.4. The van der Waals surface area contributed by atoms with Gasteiger partial charge in [0.2, 0.25) is 5.91 Å². The molecule has 0 saturated carbocycles. The Morgan fingerprint density at radius 2 is 2.43 bits per heavy atom. The van der Waals surface area contributed by atoms with E-state index in [-0.39, 0.29) is 5.91 Å². The number of hydrogen-bond donors (Lipinski definition) is 0. The molecule has 21 heavy (non-hydrogen) atoms. The van der Waals surface area contributed by atoms with Crippen molar-refractivity contribution >= 4 is 5.91 Å². The highest BCUT2D eigenvalue weighted by atomic mass is 16.3. The van der Waals surface area contributed by atoms with Crippen LogP contribution in [0.2, 0.25) is 0 Å². The van der Waals surface area contributed by atoms with Gasteiger partial charge in [0, 0.05) is 38.3 Å². The van der Waals surface area contributed by atoms with Gasteiger partial charge in [-0.15, -0.1) is 0 Å². The van der Waals surface area contributed by atoms with Crippen LogP contribution in [0.25, 0.3) is 0 Å². The highest BCUT2D eigenvalue weighted by molar-refractivity contribution is 5.76. The lowest BCUT2D eigenvalue weighted by Crippen LogP contribution is -2.40. The van der Waals surface area contributed by atoms with Crippen molar-refractivity contribution in [3.8, 4) is 0 Å². The molecule has 0 radical (unpaired) electrons. The molecule has 1 saturated heterocycles. The molecular formula is C16H21N3O2. The number of amides is 1. The van der Waals surface area contributed by atoms with Crippen molar-refractivity contribution in [1.82, 2.24) is 14.5 Å². The summed E-state index contributed by atoms with van der Waals surface area (Å²) < 4.78 is 7.47. The average molecular weight is 287 g/mol. The van der Waals surface area contributed by atoms with E-state index in [4.69, 9.17) is 4.42 Å². The molecule has 0 N–H and O–H groups in total. The lowest BCUT2D eigenvalue weighted by atomic mass is 10.0. The minimum Gasteiger partial charge on any atom is -0.469 e. The van der Waals surface area contributed by atoms with Crippen LogP contribution in [0, 0.1) is 6.92 Å². The maximum atomic E-state index is 12.4. The van der Waals surface area contributed by atoms with Crippen molar-refractivity contribution in [2.45, 2.75) is 38.6 Å². The molecule has 1 amide bonds. The predicted molar refractivity (Wildman–Crippen MR) is 78.8 cm³/mol. The van der Waals surface area contributed by atoms with Gasteiger partial charge in [0.05, 0.1) is 12.3 Å². The molecule has 1 fully saturated rings. The number of rotatable bonds is 4. The molecule has 5 nitrogen and oxygen atoms in total. The van der Waals surface area contributed by atoms with E-state index in [1.807, 2.05) is 36.4 Å². The van der Waals surface area contributed by atoms with Gasteiger partial charge in [-0.2, -0.15) is 0 Å². The molecule has 0 aromatic carbocycles. The van der Waals surface area contributed by atoms with E-state index < -0.39 is 0 Å². The Kier molecular flexibility index (Phi) is 4.08. The van der Waals surface area contributed by atoms with Crippen LogP contribution in [0.3, 0.4) is 0 Å². The van der Waals surface area contributed by atoms with Crippen molar-refractivity contribution in [2.75, 3.05) is 13.1 Å². The third kappa shape index (κ3) is 3.17. The van der Waals surface area contributed by atoms with Gasteiger partial charge in [0.25, 0.3) is 0 Å². The summed E-state index contributed by atoms with van der Waals surface area (Å²) in [6.45, 7) is 3.66. The summed E-state index contributed by atoms with van der Waals surface area (Å²) in [6, 6.07) is 4.13. The van der Waals surface area contributed by atoms with E-state index >= 15 is 0 Å². The van der Waals surface area contributed by atoms with E-state index in [9.17, 15) is 4.79 Å². The molecule has 0 spiro atoms. The zero-order chi connectivity index (χ0) is 14.7. The minimum absolute atomic E-state index is 0.217. The van der Waals surface area contributed by atoms with Gasteiger partial charge in [-0.05, 0) is 31.9 Å². The lowest BCUT2D eigenvalue weighted by molar-refractivity contribution is -0.132. The van der Waals surface area contributed by atoms with Crippen LogP contribution in [-0.4, -0.2) is 33.4 Å². The molecule has 3 heterocycles. The van der Waals surface area contributed by atoms with Crippen LogP contribution < -0.4 is 0 Å². The number of imidazole rings is 1. The molecule has 5 heteroatoms. The maximum Gasteiger partial charge on any atom is 0.223 e. The van der Waals surface area contributed by atoms with Crippen LogP contribution in [0.4, 0.5) is 0 Å². The Morgan fingerprint density at radius 1 is 1.52 bits per heavy atom. The number of likely N-dealkylation sites (tertiary alicyclic amines) is 1. The fourth-order valence-electron chi connectivity index (χ4n) is 3.02. The molecule has 3 rings (SSSR count). The van der Waals surface area contributed by atoms with E-state index in [0.29, 0.717) is 18.9 Å². The summed E-state index contributed by atoms with van der Waals surface area (Å²) in [5.41, 5.74) is 0. The van der Waals surface area contributed by atoms with Crippen LogP contribution in [-0.2, 0) is 11.2 Å². The Morgan fingerprint density at radius 3 is 3.14 bits per heavy atom. The topological polar surface area (TPSA) is 51.3 Å². The second-order valence-electron chi connectivity index (χ2n) is 5.60.